The van der Waals surface area contributed by atoms with E-state index in [1.807, 2.05) is 0 Å². The second-order valence-electron chi connectivity index (χ2n) is 7.48. The van der Waals surface area contributed by atoms with Gasteiger partial charge in [-0.1, -0.05) is 79.7 Å². The molecule has 0 radical (unpaired) electrons. The first kappa shape index (κ1) is 21.1. The average Bonchev–Trinajstić information content (AvgIpc) is 3.17. The topological polar surface area (TPSA) is 73.8 Å². The second-order valence-corrected chi connectivity index (χ2v) is 8.42. The van der Waals surface area contributed by atoms with Gasteiger partial charge in [0.15, 0.2) is 5.16 Å². The van der Waals surface area contributed by atoms with Crippen molar-refractivity contribution in [2.45, 2.75) is 43.6 Å². The van der Waals surface area contributed by atoms with Crippen LogP contribution in [0.25, 0.3) is 10.8 Å². The number of nitrogens with zero attached hydrogens (tertiary/aromatic N) is 4. The van der Waals surface area contributed by atoms with Gasteiger partial charge in [-0.05, 0) is 28.3 Å². The number of non-ortho nitro benzene ring substituents is 1. The Morgan fingerprint density at radius 3 is 2.45 bits per heavy atom. The summed E-state index contributed by atoms with van der Waals surface area (Å²) in [7, 11) is 0. The standard InChI is InChI=1S/C24H24N4O2S/c1-2-3-8-23-25-26-24(27(23)16-18-10-13-22(14-11-18)28(29)30)31-17-19-9-12-20-6-4-5-7-21(20)15-19/h4-7,9-15H,2-3,8,16-17H2,1H3. The van der Waals surface area contributed by atoms with Gasteiger partial charge >= 0.3 is 0 Å². The molecule has 7 heteroatoms. The van der Waals surface area contributed by atoms with E-state index in [9.17, 15) is 10.1 Å². The van der Waals surface area contributed by atoms with Crippen LogP contribution in [0, 0.1) is 10.1 Å². The highest BCUT2D eigenvalue weighted by Gasteiger charge is 2.14. The number of aromatic nitrogens is 3. The summed E-state index contributed by atoms with van der Waals surface area (Å²) in [5.41, 5.74) is 2.34. The van der Waals surface area contributed by atoms with Crippen molar-refractivity contribution in [3.8, 4) is 0 Å². The molecule has 6 nitrogen and oxygen atoms in total. The molecule has 1 aromatic heterocycles. The predicted octanol–water partition coefficient (Wildman–Crippen LogP) is 6.02. The highest BCUT2D eigenvalue weighted by Crippen LogP contribution is 2.26. The molecule has 0 N–H and O–H groups in total. The van der Waals surface area contributed by atoms with Crippen LogP contribution >= 0.6 is 11.8 Å². The van der Waals surface area contributed by atoms with Crippen LogP contribution in [0.15, 0.2) is 71.9 Å². The number of fused-ring (bicyclic) bond motifs is 1. The fraction of sp³-hybridized carbons (Fsp3) is 0.250. The Kier molecular flexibility index (Phi) is 6.62. The van der Waals surface area contributed by atoms with E-state index < -0.39 is 0 Å². The van der Waals surface area contributed by atoms with Gasteiger partial charge in [0, 0.05) is 24.3 Å². The van der Waals surface area contributed by atoms with Crippen molar-refractivity contribution in [2.75, 3.05) is 0 Å². The predicted molar refractivity (Wildman–Crippen MR) is 124 cm³/mol. The molecule has 0 bridgehead atoms. The number of hydrogen-bond acceptors (Lipinski definition) is 5. The van der Waals surface area contributed by atoms with Crippen molar-refractivity contribution in [3.63, 3.8) is 0 Å². The van der Waals surface area contributed by atoms with E-state index in [1.54, 1.807) is 36.0 Å². The van der Waals surface area contributed by atoms with Gasteiger partial charge < -0.3 is 4.57 Å². The molecule has 4 rings (SSSR count). The molecule has 0 amide bonds. The summed E-state index contributed by atoms with van der Waals surface area (Å²) in [6, 6.07) is 21.6. The summed E-state index contributed by atoms with van der Waals surface area (Å²) in [5.74, 6) is 1.76. The van der Waals surface area contributed by atoms with E-state index in [1.165, 1.54) is 16.3 Å². The second kappa shape index (κ2) is 9.75. The van der Waals surface area contributed by atoms with Crippen molar-refractivity contribution in [1.29, 1.82) is 0 Å². The number of benzene rings is 3. The number of nitro benzene ring substituents is 1. The molecular formula is C24H24N4O2S. The van der Waals surface area contributed by atoms with E-state index in [-0.39, 0.29) is 10.6 Å². The number of aryl methyl sites for hydroxylation is 1. The summed E-state index contributed by atoms with van der Waals surface area (Å²) >= 11 is 1.67. The van der Waals surface area contributed by atoms with E-state index in [2.05, 4.69) is 64.2 Å². The Labute approximate surface area is 185 Å². The third kappa shape index (κ3) is 5.11. The van der Waals surface area contributed by atoms with Crippen LogP contribution in [-0.4, -0.2) is 19.7 Å². The first-order valence-electron chi connectivity index (χ1n) is 10.4. The van der Waals surface area contributed by atoms with Crippen molar-refractivity contribution >= 4 is 28.2 Å². The largest absolute Gasteiger partial charge is 0.302 e. The van der Waals surface area contributed by atoms with Gasteiger partial charge in [-0.25, -0.2) is 0 Å². The fourth-order valence-corrected chi connectivity index (χ4v) is 4.39. The third-order valence-corrected chi connectivity index (χ3v) is 6.25. The molecule has 0 aliphatic heterocycles. The normalized spacial score (nSPS) is 11.1. The Balaban J connectivity index is 1.54. The summed E-state index contributed by atoms with van der Waals surface area (Å²) in [6.45, 7) is 2.76. The van der Waals surface area contributed by atoms with Gasteiger partial charge in [0.1, 0.15) is 5.82 Å². The first-order chi connectivity index (χ1) is 15.1. The smallest absolute Gasteiger partial charge is 0.269 e. The highest BCUT2D eigenvalue weighted by molar-refractivity contribution is 7.98. The Bertz CT molecular complexity index is 1190. The molecule has 4 aromatic rings. The number of unbranched alkanes of at least 4 members (excludes halogenated alkanes) is 1. The molecule has 0 fully saturated rings. The molecule has 1 heterocycles. The summed E-state index contributed by atoms with van der Waals surface area (Å²) in [4.78, 5) is 10.6. The molecule has 0 aliphatic rings. The van der Waals surface area contributed by atoms with E-state index in [0.29, 0.717) is 6.54 Å². The lowest BCUT2D eigenvalue weighted by Gasteiger charge is -2.10. The van der Waals surface area contributed by atoms with Gasteiger partial charge in [-0.3, -0.25) is 10.1 Å². The highest BCUT2D eigenvalue weighted by atomic mass is 32.2. The first-order valence-corrected chi connectivity index (χ1v) is 11.4. The zero-order valence-electron chi connectivity index (χ0n) is 17.4. The van der Waals surface area contributed by atoms with Gasteiger partial charge in [-0.15, -0.1) is 10.2 Å². The molecule has 0 spiro atoms. The molecular weight excluding hydrogens is 408 g/mol. The molecule has 31 heavy (non-hydrogen) atoms. The summed E-state index contributed by atoms with van der Waals surface area (Å²) in [6.07, 6.45) is 3.00. The fourth-order valence-electron chi connectivity index (χ4n) is 3.49. The molecule has 0 saturated heterocycles. The summed E-state index contributed by atoms with van der Waals surface area (Å²) in [5, 5.41) is 23.2. The van der Waals surface area contributed by atoms with Gasteiger partial charge in [0.25, 0.3) is 5.69 Å². The maximum absolute atomic E-state index is 10.9. The van der Waals surface area contributed by atoms with Gasteiger partial charge in [0.2, 0.25) is 0 Å². The Morgan fingerprint density at radius 1 is 0.968 bits per heavy atom. The quantitative estimate of drug-likeness (QED) is 0.184. The summed E-state index contributed by atoms with van der Waals surface area (Å²) < 4.78 is 2.14. The minimum Gasteiger partial charge on any atom is -0.302 e. The third-order valence-electron chi connectivity index (χ3n) is 5.22. The van der Waals surface area contributed by atoms with Crippen LogP contribution in [0.1, 0.15) is 36.7 Å². The number of rotatable bonds is 9. The number of nitro groups is 1. The monoisotopic (exact) mass is 432 g/mol. The van der Waals surface area contributed by atoms with Gasteiger partial charge in [0.05, 0.1) is 11.5 Å². The molecule has 3 aromatic carbocycles. The average molecular weight is 433 g/mol. The van der Waals surface area contributed by atoms with E-state index in [4.69, 9.17) is 0 Å². The lowest BCUT2D eigenvalue weighted by Crippen LogP contribution is -2.07. The van der Waals surface area contributed by atoms with Gasteiger partial charge in [-0.2, -0.15) is 0 Å². The number of hydrogen-bond donors (Lipinski definition) is 0. The maximum atomic E-state index is 10.9. The SMILES string of the molecule is CCCCc1nnc(SCc2ccc3ccccc3c2)n1Cc1ccc([N+](=O)[O-])cc1. The van der Waals surface area contributed by atoms with Crippen molar-refractivity contribution in [2.24, 2.45) is 0 Å². The van der Waals surface area contributed by atoms with E-state index in [0.717, 1.165) is 41.6 Å². The zero-order valence-corrected chi connectivity index (χ0v) is 18.2. The Morgan fingerprint density at radius 2 is 1.71 bits per heavy atom. The number of thioether (sulfide) groups is 1. The van der Waals surface area contributed by atoms with Crippen LogP contribution in [0.3, 0.4) is 0 Å². The zero-order chi connectivity index (χ0) is 21.6. The van der Waals surface area contributed by atoms with E-state index >= 15 is 0 Å². The van der Waals surface area contributed by atoms with Crippen LogP contribution in [0.5, 0.6) is 0 Å². The van der Waals surface area contributed by atoms with Crippen molar-refractivity contribution < 1.29 is 4.92 Å². The maximum Gasteiger partial charge on any atom is 0.269 e. The lowest BCUT2D eigenvalue weighted by atomic mass is 10.1. The van der Waals surface area contributed by atoms with Crippen LogP contribution in [0.4, 0.5) is 5.69 Å². The molecule has 0 saturated carbocycles. The molecule has 0 aliphatic carbocycles. The van der Waals surface area contributed by atoms with Crippen LogP contribution in [0.2, 0.25) is 0 Å². The molecule has 0 unspecified atom stereocenters. The molecule has 158 valence electrons. The van der Waals surface area contributed by atoms with Crippen molar-refractivity contribution in [3.05, 3.63) is 93.8 Å². The minimum atomic E-state index is -0.375. The minimum absolute atomic E-state index is 0.101. The molecule has 0 atom stereocenters. The Hall–Kier alpha value is -3.19. The van der Waals surface area contributed by atoms with Crippen molar-refractivity contribution in [1.82, 2.24) is 14.8 Å². The van der Waals surface area contributed by atoms with Crippen LogP contribution < -0.4 is 0 Å². The lowest BCUT2D eigenvalue weighted by molar-refractivity contribution is -0.384. The van der Waals surface area contributed by atoms with Crippen LogP contribution in [-0.2, 0) is 18.7 Å².